The predicted molar refractivity (Wildman–Crippen MR) is 97.3 cm³/mol. The van der Waals surface area contributed by atoms with Crippen LogP contribution >= 0.6 is 11.8 Å². The number of hydrogen-bond acceptors (Lipinski definition) is 4. The number of hydrogen-bond donors (Lipinski definition) is 1. The number of thioether (sulfide) groups is 1. The average Bonchev–Trinajstić information content (AvgIpc) is 2.57. The third kappa shape index (κ3) is 6.08. The summed E-state index contributed by atoms with van der Waals surface area (Å²) in [6, 6.07) is 15.3. The van der Waals surface area contributed by atoms with Crippen LogP contribution in [0, 0.1) is 13.8 Å². The Morgan fingerprint density at radius 2 is 1.79 bits per heavy atom. The van der Waals surface area contributed by atoms with Gasteiger partial charge in [0.2, 0.25) is 0 Å². The Morgan fingerprint density at radius 1 is 1.04 bits per heavy atom. The van der Waals surface area contributed by atoms with Crippen LogP contribution in [0.4, 0.5) is 5.69 Å². The van der Waals surface area contributed by atoms with Crippen LogP contribution in [0.2, 0.25) is 0 Å². The second-order valence-electron chi connectivity index (χ2n) is 5.42. The minimum Gasteiger partial charge on any atom is -0.456 e. The van der Waals surface area contributed by atoms with E-state index in [1.807, 2.05) is 24.3 Å². The zero-order chi connectivity index (χ0) is 17.4. The maximum atomic E-state index is 11.7. The molecule has 1 amide bonds. The van der Waals surface area contributed by atoms with Gasteiger partial charge in [0.1, 0.15) is 0 Å². The van der Waals surface area contributed by atoms with Gasteiger partial charge >= 0.3 is 5.97 Å². The van der Waals surface area contributed by atoms with E-state index in [-0.39, 0.29) is 24.9 Å². The smallest absolute Gasteiger partial charge is 0.307 e. The summed E-state index contributed by atoms with van der Waals surface area (Å²) in [4.78, 5) is 24.5. The highest BCUT2D eigenvalue weighted by molar-refractivity contribution is 7.99. The number of amides is 1. The molecule has 4 nitrogen and oxygen atoms in total. The summed E-state index contributed by atoms with van der Waals surface area (Å²) < 4.78 is 4.99. The van der Waals surface area contributed by atoms with Gasteiger partial charge in [-0.25, -0.2) is 0 Å². The normalized spacial score (nSPS) is 10.2. The molecule has 0 spiro atoms. The summed E-state index contributed by atoms with van der Waals surface area (Å²) in [6.45, 7) is 3.88. The second-order valence-corrected chi connectivity index (χ2v) is 6.59. The molecule has 24 heavy (non-hydrogen) atoms. The first kappa shape index (κ1) is 18.1. The monoisotopic (exact) mass is 343 g/mol. The third-order valence-electron chi connectivity index (χ3n) is 3.48. The fourth-order valence-corrected chi connectivity index (χ4v) is 2.92. The highest BCUT2D eigenvalue weighted by Crippen LogP contribution is 2.21. The van der Waals surface area contributed by atoms with E-state index in [1.165, 1.54) is 11.1 Å². The van der Waals surface area contributed by atoms with Gasteiger partial charge in [-0.05, 0) is 49.2 Å². The number of anilines is 1. The highest BCUT2D eigenvalue weighted by Gasteiger charge is 2.08. The van der Waals surface area contributed by atoms with Gasteiger partial charge in [-0.3, -0.25) is 9.59 Å². The molecule has 0 aliphatic heterocycles. The first-order valence-corrected chi connectivity index (χ1v) is 8.74. The average molecular weight is 343 g/mol. The van der Waals surface area contributed by atoms with Crippen LogP contribution in [0.15, 0.2) is 53.4 Å². The molecule has 5 heteroatoms. The Kier molecular flexibility index (Phi) is 6.88. The van der Waals surface area contributed by atoms with E-state index in [0.717, 1.165) is 4.90 Å². The van der Waals surface area contributed by atoms with E-state index >= 15 is 0 Å². The molecule has 0 aliphatic rings. The summed E-state index contributed by atoms with van der Waals surface area (Å²) >= 11 is 1.61. The molecule has 126 valence electrons. The molecule has 0 heterocycles. The molecule has 0 aliphatic carbocycles. The Hall–Kier alpha value is -2.27. The van der Waals surface area contributed by atoms with E-state index in [2.05, 4.69) is 31.3 Å². The van der Waals surface area contributed by atoms with E-state index < -0.39 is 0 Å². The first-order valence-electron chi connectivity index (χ1n) is 7.75. The zero-order valence-electron chi connectivity index (χ0n) is 13.9. The topological polar surface area (TPSA) is 55.4 Å². The number of esters is 1. The van der Waals surface area contributed by atoms with Gasteiger partial charge in [0, 0.05) is 16.3 Å². The van der Waals surface area contributed by atoms with Gasteiger partial charge in [0.15, 0.2) is 6.61 Å². The number of aryl methyl sites for hydroxylation is 2. The predicted octanol–water partition coefficient (Wildman–Crippen LogP) is 3.97. The van der Waals surface area contributed by atoms with E-state index in [9.17, 15) is 9.59 Å². The second kappa shape index (κ2) is 9.13. The van der Waals surface area contributed by atoms with Crippen molar-refractivity contribution >= 4 is 29.3 Å². The van der Waals surface area contributed by atoms with Crippen molar-refractivity contribution in [2.45, 2.75) is 25.2 Å². The van der Waals surface area contributed by atoms with Crippen molar-refractivity contribution in [2.75, 3.05) is 17.7 Å². The molecule has 2 rings (SSSR count). The molecule has 0 saturated carbocycles. The first-order chi connectivity index (χ1) is 11.5. The minimum atomic E-state index is -0.366. The number of ether oxygens (including phenoxy) is 1. The van der Waals surface area contributed by atoms with Crippen molar-refractivity contribution in [3.63, 3.8) is 0 Å². The lowest BCUT2D eigenvalue weighted by molar-refractivity contribution is -0.146. The lowest BCUT2D eigenvalue weighted by Gasteiger charge is -2.07. The van der Waals surface area contributed by atoms with Crippen molar-refractivity contribution in [1.29, 1.82) is 0 Å². The van der Waals surface area contributed by atoms with Crippen LogP contribution in [-0.2, 0) is 14.3 Å². The van der Waals surface area contributed by atoms with Crippen molar-refractivity contribution < 1.29 is 14.3 Å². The molecule has 2 aromatic carbocycles. The number of benzene rings is 2. The van der Waals surface area contributed by atoms with Gasteiger partial charge in [0.25, 0.3) is 5.91 Å². The number of nitrogens with one attached hydrogen (secondary N) is 1. The van der Waals surface area contributed by atoms with Gasteiger partial charge in [-0.15, -0.1) is 11.8 Å². The molecule has 1 N–H and O–H groups in total. The summed E-state index contributed by atoms with van der Waals surface area (Å²) in [7, 11) is 0. The molecule has 0 radical (unpaired) electrons. The Balaban J connectivity index is 1.66. The van der Waals surface area contributed by atoms with Crippen LogP contribution in [0.5, 0.6) is 0 Å². The van der Waals surface area contributed by atoms with Gasteiger partial charge < -0.3 is 10.1 Å². The number of para-hydroxylation sites is 1. The number of rotatable bonds is 7. The van der Waals surface area contributed by atoms with Gasteiger partial charge in [-0.2, -0.15) is 0 Å². The quantitative estimate of drug-likeness (QED) is 0.610. The molecule has 0 fully saturated rings. The molecule has 2 aromatic rings. The molecular formula is C19H21NO3S. The summed E-state index contributed by atoms with van der Waals surface area (Å²) in [5, 5.41) is 2.67. The van der Waals surface area contributed by atoms with Crippen molar-refractivity contribution in [3.05, 3.63) is 59.7 Å². The third-order valence-corrected chi connectivity index (χ3v) is 4.47. The molecule has 0 bridgehead atoms. The van der Waals surface area contributed by atoms with Gasteiger partial charge in [-0.1, -0.05) is 24.3 Å². The number of carbonyl (C=O) groups excluding carboxylic acids is 2. The van der Waals surface area contributed by atoms with Crippen molar-refractivity contribution in [3.8, 4) is 0 Å². The Bertz CT molecular complexity index is 701. The van der Waals surface area contributed by atoms with E-state index in [0.29, 0.717) is 11.4 Å². The van der Waals surface area contributed by atoms with Crippen LogP contribution in [0.1, 0.15) is 17.5 Å². The molecule has 0 saturated heterocycles. The Morgan fingerprint density at radius 3 is 2.50 bits per heavy atom. The summed E-state index contributed by atoms with van der Waals surface area (Å²) in [6.07, 6.45) is 0.274. The maximum Gasteiger partial charge on any atom is 0.307 e. The molecular weight excluding hydrogens is 322 g/mol. The van der Waals surface area contributed by atoms with Crippen molar-refractivity contribution in [1.82, 2.24) is 0 Å². The zero-order valence-corrected chi connectivity index (χ0v) is 14.7. The summed E-state index contributed by atoms with van der Waals surface area (Å²) in [5.74, 6) is -0.0762. The largest absolute Gasteiger partial charge is 0.456 e. The standard InChI is InChI=1S/C19H21NO3S/c1-14-8-9-17(12-15(14)2)24-11-10-19(22)23-13-18(21)20-16-6-4-3-5-7-16/h3-9,12H,10-11,13H2,1-2H3,(H,20,21). The van der Waals surface area contributed by atoms with Gasteiger partial charge in [0.05, 0.1) is 6.42 Å². The Labute approximate surface area is 146 Å². The van der Waals surface area contributed by atoms with Crippen molar-refractivity contribution in [2.24, 2.45) is 0 Å². The summed E-state index contributed by atoms with van der Waals surface area (Å²) in [5.41, 5.74) is 3.17. The van der Waals surface area contributed by atoms with E-state index in [4.69, 9.17) is 4.74 Å². The maximum absolute atomic E-state index is 11.7. The SMILES string of the molecule is Cc1ccc(SCCC(=O)OCC(=O)Nc2ccccc2)cc1C. The minimum absolute atomic E-state index is 0.262. The van der Waals surface area contributed by atoms with Crippen LogP contribution in [0.3, 0.4) is 0 Å². The molecule has 0 atom stereocenters. The molecule has 0 aromatic heterocycles. The van der Waals surface area contributed by atoms with Crippen LogP contribution < -0.4 is 5.32 Å². The van der Waals surface area contributed by atoms with E-state index in [1.54, 1.807) is 23.9 Å². The molecule has 0 unspecified atom stereocenters. The fraction of sp³-hybridized carbons (Fsp3) is 0.263. The fourth-order valence-electron chi connectivity index (χ4n) is 1.99. The number of carbonyl (C=O) groups is 2. The highest BCUT2D eigenvalue weighted by atomic mass is 32.2. The van der Waals surface area contributed by atoms with Crippen LogP contribution in [-0.4, -0.2) is 24.2 Å². The lowest BCUT2D eigenvalue weighted by Crippen LogP contribution is -2.20. The van der Waals surface area contributed by atoms with Crippen LogP contribution in [0.25, 0.3) is 0 Å². The lowest BCUT2D eigenvalue weighted by atomic mass is 10.1.